The highest BCUT2D eigenvalue weighted by molar-refractivity contribution is 4.75. The Morgan fingerprint density at radius 3 is 2.33 bits per heavy atom. The molecule has 0 bridgehead atoms. The minimum absolute atomic E-state index is 0.815. The lowest BCUT2D eigenvalue weighted by molar-refractivity contribution is 0.361. The Morgan fingerprint density at radius 1 is 0.944 bits per heavy atom. The van der Waals surface area contributed by atoms with E-state index in [2.05, 4.69) is 19.2 Å². The van der Waals surface area contributed by atoms with Crippen LogP contribution in [-0.2, 0) is 0 Å². The van der Waals surface area contributed by atoms with Crippen molar-refractivity contribution in [3.63, 3.8) is 0 Å². The van der Waals surface area contributed by atoms with Gasteiger partial charge in [0.2, 0.25) is 0 Å². The average molecular weight is 253 g/mol. The van der Waals surface area contributed by atoms with Gasteiger partial charge < -0.3 is 5.32 Å². The summed E-state index contributed by atoms with van der Waals surface area (Å²) in [6.45, 7) is 5.79. The van der Waals surface area contributed by atoms with E-state index in [1.807, 2.05) is 0 Å². The summed E-state index contributed by atoms with van der Waals surface area (Å²) in [6.07, 6.45) is 17.2. The first-order chi connectivity index (χ1) is 8.86. The Bertz CT molecular complexity index is 172. The molecular formula is C17H35N. The molecule has 108 valence electrons. The van der Waals surface area contributed by atoms with Gasteiger partial charge in [-0.15, -0.1) is 0 Å². The summed E-state index contributed by atoms with van der Waals surface area (Å²) >= 11 is 0. The minimum atomic E-state index is 0.815. The fourth-order valence-corrected chi connectivity index (χ4v) is 3.29. The molecule has 1 unspecified atom stereocenters. The summed E-state index contributed by atoms with van der Waals surface area (Å²) in [6, 6.07) is 0.815. The molecule has 0 radical (unpaired) electrons. The van der Waals surface area contributed by atoms with Crippen LogP contribution in [-0.4, -0.2) is 12.6 Å². The molecule has 1 atom stereocenters. The molecule has 0 amide bonds. The largest absolute Gasteiger partial charge is 0.314 e. The molecule has 0 heterocycles. The van der Waals surface area contributed by atoms with Crippen molar-refractivity contribution >= 4 is 0 Å². The van der Waals surface area contributed by atoms with Crippen LogP contribution in [0.3, 0.4) is 0 Å². The maximum atomic E-state index is 3.79. The second-order valence-electron chi connectivity index (χ2n) is 6.24. The van der Waals surface area contributed by atoms with Gasteiger partial charge in [-0.3, -0.25) is 0 Å². The van der Waals surface area contributed by atoms with E-state index in [9.17, 15) is 0 Å². The molecule has 0 aromatic rings. The normalized spacial score (nSPS) is 18.3. The highest BCUT2D eigenvalue weighted by Crippen LogP contribution is 2.29. The molecule has 1 fully saturated rings. The van der Waals surface area contributed by atoms with E-state index in [0.29, 0.717) is 0 Å². The number of unbranched alkanes of at least 4 members (excludes halogenated alkanes) is 4. The first kappa shape index (κ1) is 16.0. The van der Waals surface area contributed by atoms with Crippen LogP contribution in [0, 0.1) is 5.92 Å². The van der Waals surface area contributed by atoms with Gasteiger partial charge in [-0.1, -0.05) is 71.6 Å². The predicted molar refractivity (Wildman–Crippen MR) is 82.0 cm³/mol. The Labute approximate surface area is 115 Å². The Balaban J connectivity index is 2.13. The topological polar surface area (TPSA) is 12.0 Å². The van der Waals surface area contributed by atoms with Crippen LogP contribution in [0.5, 0.6) is 0 Å². The lowest BCUT2D eigenvalue weighted by Gasteiger charge is -2.22. The zero-order chi connectivity index (χ0) is 13.1. The van der Waals surface area contributed by atoms with Gasteiger partial charge in [0.15, 0.2) is 0 Å². The van der Waals surface area contributed by atoms with Gasteiger partial charge >= 0.3 is 0 Å². The Hall–Kier alpha value is -0.0400. The molecule has 0 aromatic heterocycles. The molecule has 0 aromatic carbocycles. The highest BCUT2D eigenvalue weighted by atomic mass is 14.9. The fraction of sp³-hybridized carbons (Fsp3) is 1.00. The molecular weight excluding hydrogens is 218 g/mol. The fourth-order valence-electron chi connectivity index (χ4n) is 3.29. The lowest BCUT2D eigenvalue weighted by Crippen LogP contribution is -2.31. The number of nitrogens with one attached hydrogen (secondary N) is 1. The number of hydrogen-bond donors (Lipinski definition) is 1. The first-order valence-corrected chi connectivity index (χ1v) is 8.60. The number of hydrogen-bond acceptors (Lipinski definition) is 1. The monoisotopic (exact) mass is 253 g/mol. The van der Waals surface area contributed by atoms with Crippen molar-refractivity contribution in [1.82, 2.24) is 5.32 Å². The van der Waals surface area contributed by atoms with Crippen LogP contribution < -0.4 is 5.32 Å². The van der Waals surface area contributed by atoms with Crippen molar-refractivity contribution in [1.29, 1.82) is 0 Å². The molecule has 1 saturated carbocycles. The third kappa shape index (κ3) is 7.41. The van der Waals surface area contributed by atoms with Crippen molar-refractivity contribution in [3.8, 4) is 0 Å². The molecule has 0 spiro atoms. The van der Waals surface area contributed by atoms with E-state index in [1.54, 1.807) is 0 Å². The van der Waals surface area contributed by atoms with Crippen molar-refractivity contribution < 1.29 is 0 Å². The zero-order valence-electron chi connectivity index (χ0n) is 12.8. The van der Waals surface area contributed by atoms with Crippen LogP contribution in [0.4, 0.5) is 0 Å². The third-order valence-electron chi connectivity index (χ3n) is 4.43. The quantitative estimate of drug-likeness (QED) is 0.493. The van der Waals surface area contributed by atoms with Gasteiger partial charge in [-0.2, -0.15) is 0 Å². The second kappa shape index (κ2) is 10.8. The highest BCUT2D eigenvalue weighted by Gasteiger charge is 2.19. The van der Waals surface area contributed by atoms with E-state index in [4.69, 9.17) is 0 Å². The van der Waals surface area contributed by atoms with Gasteiger partial charge in [0.05, 0.1) is 0 Å². The molecule has 1 heteroatoms. The standard InChI is InChI=1S/C17H35N/c1-3-5-6-7-8-13-17(18-14-4-2)15-16-11-9-10-12-16/h16-18H,3-15H2,1-2H3. The van der Waals surface area contributed by atoms with E-state index >= 15 is 0 Å². The third-order valence-corrected chi connectivity index (χ3v) is 4.43. The molecule has 1 aliphatic carbocycles. The maximum absolute atomic E-state index is 3.79. The summed E-state index contributed by atoms with van der Waals surface area (Å²) < 4.78 is 0. The van der Waals surface area contributed by atoms with Crippen LogP contribution in [0.25, 0.3) is 0 Å². The minimum Gasteiger partial charge on any atom is -0.314 e. The van der Waals surface area contributed by atoms with Gasteiger partial charge in [0, 0.05) is 6.04 Å². The average Bonchev–Trinajstić information content (AvgIpc) is 2.88. The smallest absolute Gasteiger partial charge is 0.00696 e. The van der Waals surface area contributed by atoms with Crippen LogP contribution in [0.2, 0.25) is 0 Å². The van der Waals surface area contributed by atoms with Crippen molar-refractivity contribution in [3.05, 3.63) is 0 Å². The van der Waals surface area contributed by atoms with E-state index in [0.717, 1.165) is 12.0 Å². The van der Waals surface area contributed by atoms with Crippen molar-refractivity contribution in [2.24, 2.45) is 5.92 Å². The second-order valence-corrected chi connectivity index (χ2v) is 6.24. The summed E-state index contributed by atoms with van der Waals surface area (Å²) in [5.41, 5.74) is 0. The number of rotatable bonds is 11. The molecule has 18 heavy (non-hydrogen) atoms. The van der Waals surface area contributed by atoms with Gasteiger partial charge in [0.1, 0.15) is 0 Å². The van der Waals surface area contributed by atoms with Crippen LogP contribution >= 0.6 is 0 Å². The summed E-state index contributed by atoms with van der Waals surface area (Å²) in [5, 5.41) is 3.79. The van der Waals surface area contributed by atoms with Gasteiger partial charge in [-0.05, 0) is 31.7 Å². The Morgan fingerprint density at radius 2 is 1.67 bits per heavy atom. The first-order valence-electron chi connectivity index (χ1n) is 8.60. The van der Waals surface area contributed by atoms with Gasteiger partial charge in [0.25, 0.3) is 0 Å². The molecule has 0 saturated heterocycles. The lowest BCUT2D eigenvalue weighted by atomic mass is 9.94. The van der Waals surface area contributed by atoms with Gasteiger partial charge in [-0.25, -0.2) is 0 Å². The molecule has 1 nitrogen and oxygen atoms in total. The molecule has 0 aliphatic heterocycles. The van der Waals surface area contributed by atoms with E-state index in [1.165, 1.54) is 83.6 Å². The SMILES string of the molecule is CCCCCCCC(CC1CCCC1)NCCC. The van der Waals surface area contributed by atoms with Crippen LogP contribution in [0.15, 0.2) is 0 Å². The molecule has 1 N–H and O–H groups in total. The maximum Gasteiger partial charge on any atom is 0.00696 e. The van der Waals surface area contributed by atoms with Crippen molar-refractivity contribution in [2.75, 3.05) is 6.54 Å². The van der Waals surface area contributed by atoms with Crippen molar-refractivity contribution in [2.45, 2.75) is 96.9 Å². The predicted octanol–water partition coefficient (Wildman–Crippen LogP) is 5.30. The van der Waals surface area contributed by atoms with E-state index in [-0.39, 0.29) is 0 Å². The molecule has 1 rings (SSSR count). The Kier molecular flexibility index (Phi) is 9.65. The van der Waals surface area contributed by atoms with E-state index < -0.39 is 0 Å². The summed E-state index contributed by atoms with van der Waals surface area (Å²) in [7, 11) is 0. The van der Waals surface area contributed by atoms with Crippen LogP contribution in [0.1, 0.15) is 90.9 Å². The zero-order valence-corrected chi connectivity index (χ0v) is 12.8. The molecule has 1 aliphatic rings. The summed E-state index contributed by atoms with van der Waals surface area (Å²) in [5.74, 6) is 1.04. The summed E-state index contributed by atoms with van der Waals surface area (Å²) in [4.78, 5) is 0.